The van der Waals surface area contributed by atoms with E-state index in [1.54, 1.807) is 38.1 Å². The molecule has 4 amide bonds. The Morgan fingerprint density at radius 3 is 1.30 bits per heavy atom. The van der Waals surface area contributed by atoms with Gasteiger partial charge < -0.3 is 38.5 Å². The van der Waals surface area contributed by atoms with E-state index in [0.717, 1.165) is 26.7 Å². The number of amides is 4. The van der Waals surface area contributed by atoms with Crippen LogP contribution in [0.5, 0.6) is 0 Å². The fourth-order valence-electron chi connectivity index (χ4n) is 7.68. The van der Waals surface area contributed by atoms with Crippen molar-refractivity contribution < 1.29 is 57.3 Å². The van der Waals surface area contributed by atoms with E-state index >= 15 is 0 Å². The van der Waals surface area contributed by atoms with Crippen molar-refractivity contribution in [2.24, 2.45) is 17.8 Å². The highest BCUT2D eigenvalue weighted by Gasteiger charge is 2.41. The number of carbonyl (C=O) groups is 8. The van der Waals surface area contributed by atoms with Crippen molar-refractivity contribution in [2.75, 3.05) is 34.8 Å². The molecule has 2 aromatic rings. The summed E-state index contributed by atoms with van der Waals surface area (Å²) in [4.78, 5) is 119. The van der Waals surface area contributed by atoms with Crippen molar-refractivity contribution >= 4 is 92.7 Å². The molecule has 7 atom stereocenters. The number of ether oxygens (including phenoxy) is 4. The molecule has 0 bridgehead atoms. The van der Waals surface area contributed by atoms with Crippen molar-refractivity contribution in [1.82, 2.24) is 19.6 Å². The van der Waals surface area contributed by atoms with Crippen molar-refractivity contribution in [3.05, 3.63) is 78.4 Å². The standard InChI is InChI=1S/C51H70I2N4O12/c1-29(2)22-38-48(62)66-28-44(58)54(10)39(23-30(3)4)50(64)68-43(27-35-16-20-37(53)21-17-35)47(61)57(13)40(24-31(5)6)49(63)67-33(9)45(59)55(11)41(25-32(7)8)51(65)69-42(46(60)56(38)12)26-34-14-18-36(52)19-15-34/h14-22,30-33,38-43H,23-28H2,1-13H3/t33-,38+,39?,40+,41+,42-,43-/m1/s1. The van der Waals surface area contributed by atoms with Gasteiger partial charge in [-0.3, -0.25) is 19.2 Å². The molecule has 0 radical (unpaired) electrons. The predicted molar refractivity (Wildman–Crippen MR) is 276 cm³/mol. The second-order valence-electron chi connectivity index (χ2n) is 19.2. The van der Waals surface area contributed by atoms with Gasteiger partial charge in [-0.1, -0.05) is 77.5 Å². The fourth-order valence-corrected chi connectivity index (χ4v) is 8.40. The number of likely N-dealkylation sites (N-methyl/N-ethyl adjacent to an activating group) is 4. The van der Waals surface area contributed by atoms with E-state index < -0.39 is 96.6 Å². The number of hydrogen-bond donors (Lipinski definition) is 0. The molecule has 1 fully saturated rings. The normalized spacial score (nSPS) is 23.8. The molecule has 1 aliphatic rings. The van der Waals surface area contributed by atoms with E-state index in [1.165, 1.54) is 41.2 Å². The van der Waals surface area contributed by atoms with Crippen LogP contribution >= 0.6 is 45.2 Å². The lowest BCUT2D eigenvalue weighted by Gasteiger charge is -2.34. The molecule has 0 spiro atoms. The number of nitrogens with zero attached hydrogens (tertiary/aromatic N) is 4. The Kier molecular flexibility index (Phi) is 23.1. The molecule has 380 valence electrons. The Bertz CT molecular complexity index is 2160. The third-order valence-corrected chi connectivity index (χ3v) is 13.0. The molecule has 0 aromatic heterocycles. The molecule has 0 aliphatic carbocycles. The number of carbonyl (C=O) groups excluding carboxylic acids is 8. The first-order chi connectivity index (χ1) is 32.2. The molecule has 3 rings (SSSR count). The van der Waals surface area contributed by atoms with E-state index in [4.69, 9.17) is 18.9 Å². The van der Waals surface area contributed by atoms with Crippen LogP contribution in [0.15, 0.2) is 60.2 Å². The molecule has 1 aliphatic heterocycles. The first kappa shape index (κ1) is 58.7. The predicted octanol–water partition coefficient (Wildman–Crippen LogP) is 6.41. The topological polar surface area (TPSA) is 186 Å². The lowest BCUT2D eigenvalue weighted by Crippen LogP contribution is -2.54. The summed E-state index contributed by atoms with van der Waals surface area (Å²) in [6.45, 7) is 15.0. The van der Waals surface area contributed by atoms with Crippen LogP contribution in [0.2, 0.25) is 0 Å². The summed E-state index contributed by atoms with van der Waals surface area (Å²) in [7, 11) is 5.49. The molecule has 1 unspecified atom stereocenters. The minimum Gasteiger partial charge on any atom is -0.454 e. The minimum absolute atomic E-state index is 0.0878. The number of allylic oxidation sites excluding steroid dienone is 1. The van der Waals surface area contributed by atoms with Crippen molar-refractivity contribution in [3.63, 3.8) is 0 Å². The van der Waals surface area contributed by atoms with Crippen molar-refractivity contribution in [1.29, 1.82) is 0 Å². The molecule has 16 nitrogen and oxygen atoms in total. The van der Waals surface area contributed by atoms with Crippen LogP contribution in [0.1, 0.15) is 92.7 Å². The summed E-state index contributed by atoms with van der Waals surface area (Å²) >= 11 is 4.29. The number of cyclic esters (lactones) is 4. The van der Waals surface area contributed by atoms with Crippen LogP contribution in [0.25, 0.3) is 0 Å². The van der Waals surface area contributed by atoms with Gasteiger partial charge in [0.2, 0.25) is 0 Å². The average Bonchev–Trinajstić information content (AvgIpc) is 3.28. The Balaban J connectivity index is 2.24. The molecule has 0 N–H and O–H groups in total. The second-order valence-corrected chi connectivity index (χ2v) is 21.7. The zero-order valence-electron chi connectivity index (χ0n) is 42.2. The molecule has 69 heavy (non-hydrogen) atoms. The molecule has 0 saturated carbocycles. The summed E-state index contributed by atoms with van der Waals surface area (Å²) in [6, 6.07) is 9.31. The summed E-state index contributed by atoms with van der Waals surface area (Å²) in [5.41, 5.74) is 1.91. The van der Waals surface area contributed by atoms with Gasteiger partial charge in [-0.05, 0) is 138 Å². The van der Waals surface area contributed by atoms with Crippen LogP contribution < -0.4 is 0 Å². The van der Waals surface area contributed by atoms with Crippen LogP contribution in [0, 0.1) is 24.9 Å². The van der Waals surface area contributed by atoms with Gasteiger partial charge in [0.05, 0.1) is 0 Å². The minimum atomic E-state index is -1.50. The molecule has 18 heteroatoms. The highest BCUT2D eigenvalue weighted by molar-refractivity contribution is 14.1. The van der Waals surface area contributed by atoms with Gasteiger partial charge in [0, 0.05) is 48.2 Å². The monoisotopic (exact) mass is 1180 g/mol. The molecule has 1 saturated heterocycles. The molecule has 1 heterocycles. The molecular formula is C51H70I2N4O12. The maximum Gasteiger partial charge on any atom is 0.333 e. The summed E-state index contributed by atoms with van der Waals surface area (Å²) in [5, 5.41) is 0. The zero-order chi connectivity index (χ0) is 52.0. The van der Waals surface area contributed by atoms with E-state index in [2.05, 4.69) is 45.2 Å². The van der Waals surface area contributed by atoms with Gasteiger partial charge in [0.1, 0.15) is 24.2 Å². The van der Waals surface area contributed by atoms with E-state index in [9.17, 15) is 38.4 Å². The SMILES string of the molecule is CC(C)=C[C@H]1C(=O)OCC(=O)N(C)C(CC(C)C)C(=O)O[C@H](Cc2ccc(I)cc2)C(=O)N(C)[C@@H](CC(C)C)C(=O)O[C@H](C)C(=O)N(C)[C@@H](CC(C)C)C(=O)O[C@H](Cc2ccc(I)cc2)C(=O)N1C. The van der Waals surface area contributed by atoms with Crippen molar-refractivity contribution in [2.45, 2.75) is 137 Å². The quantitative estimate of drug-likeness (QED) is 0.104. The van der Waals surface area contributed by atoms with Gasteiger partial charge >= 0.3 is 23.9 Å². The lowest BCUT2D eigenvalue weighted by molar-refractivity contribution is -0.174. The summed E-state index contributed by atoms with van der Waals surface area (Å²) in [6.07, 6.45) is -2.84. The Labute approximate surface area is 434 Å². The van der Waals surface area contributed by atoms with Crippen LogP contribution in [0.3, 0.4) is 0 Å². The Morgan fingerprint density at radius 2 is 0.913 bits per heavy atom. The van der Waals surface area contributed by atoms with Gasteiger partial charge in [-0.2, -0.15) is 0 Å². The molecular weight excluding hydrogens is 1110 g/mol. The van der Waals surface area contributed by atoms with Crippen LogP contribution in [-0.4, -0.2) is 144 Å². The third-order valence-electron chi connectivity index (χ3n) is 11.6. The van der Waals surface area contributed by atoms with E-state index in [-0.39, 0.29) is 49.9 Å². The lowest BCUT2D eigenvalue weighted by atomic mass is 10.0. The Morgan fingerprint density at radius 1 is 0.551 bits per heavy atom. The largest absolute Gasteiger partial charge is 0.454 e. The fraction of sp³-hybridized carbons (Fsp3) is 0.569. The molecule has 2 aromatic carbocycles. The second kappa shape index (κ2) is 27.1. The van der Waals surface area contributed by atoms with E-state index in [1.807, 2.05) is 65.8 Å². The number of hydrogen-bond acceptors (Lipinski definition) is 12. The first-order valence-electron chi connectivity index (χ1n) is 23.2. The number of esters is 4. The summed E-state index contributed by atoms with van der Waals surface area (Å²) < 4.78 is 25.4. The smallest absolute Gasteiger partial charge is 0.333 e. The average molecular weight is 1180 g/mol. The Hall–Kier alpha value is -4.60. The highest BCUT2D eigenvalue weighted by atomic mass is 127. The number of halogens is 2. The number of benzene rings is 2. The van der Waals surface area contributed by atoms with Gasteiger partial charge in [0.25, 0.3) is 23.6 Å². The van der Waals surface area contributed by atoms with Gasteiger partial charge in [0.15, 0.2) is 24.9 Å². The third kappa shape index (κ3) is 17.6. The first-order valence-corrected chi connectivity index (χ1v) is 25.4. The zero-order valence-corrected chi connectivity index (χ0v) is 46.5. The van der Waals surface area contributed by atoms with E-state index in [0.29, 0.717) is 16.7 Å². The highest BCUT2D eigenvalue weighted by Crippen LogP contribution is 2.23. The summed E-state index contributed by atoms with van der Waals surface area (Å²) in [5.74, 6) is -7.18. The van der Waals surface area contributed by atoms with Crippen LogP contribution in [-0.2, 0) is 70.1 Å². The van der Waals surface area contributed by atoms with Gasteiger partial charge in [-0.15, -0.1) is 0 Å². The van der Waals surface area contributed by atoms with Crippen LogP contribution in [0.4, 0.5) is 0 Å². The maximum atomic E-state index is 14.7. The van der Waals surface area contributed by atoms with Gasteiger partial charge in [-0.25, -0.2) is 19.2 Å². The maximum absolute atomic E-state index is 14.7. The number of rotatable bonds is 11. The van der Waals surface area contributed by atoms with Crippen molar-refractivity contribution in [3.8, 4) is 0 Å².